The first kappa shape index (κ1) is 26.5. The maximum Gasteiger partial charge on any atom is 0.337 e. The lowest BCUT2D eigenvalue weighted by Crippen LogP contribution is -2.39. The minimum atomic E-state index is -0.658. The number of nitrogens with one attached hydrogen (secondary N) is 1. The highest BCUT2D eigenvalue weighted by atomic mass is 16.6. The number of nitrogen functional groups attached to an aromatic ring is 1. The molecule has 4 rings (SSSR count). The van der Waals surface area contributed by atoms with E-state index in [1.165, 1.54) is 5.56 Å². The fourth-order valence-electron chi connectivity index (χ4n) is 5.25. The minimum Gasteiger partial charge on any atom is -0.460 e. The van der Waals surface area contributed by atoms with Crippen LogP contribution in [0.4, 0.5) is 5.69 Å². The van der Waals surface area contributed by atoms with Gasteiger partial charge in [-0.1, -0.05) is 42.5 Å². The van der Waals surface area contributed by atoms with Crippen molar-refractivity contribution in [3.8, 4) is 0 Å². The van der Waals surface area contributed by atoms with Gasteiger partial charge in [-0.15, -0.1) is 0 Å². The first-order valence-electron chi connectivity index (χ1n) is 12.8. The summed E-state index contributed by atoms with van der Waals surface area (Å²) in [6.07, 6.45) is 0.426. The standard InChI is InChI=1S/C30H37N3O4/c1-19(2)36-28(34)25-20(3)32-21(4)26(27(25)23-12-9-13-24(31)16-23)29(35)37-30(5)14-15-33(18-30)17-22-10-7-6-8-11-22/h6-13,16,19,27,32H,14-15,17-18,31H2,1-5H3. The summed E-state index contributed by atoms with van der Waals surface area (Å²) in [5.41, 5.74) is 10.1. The molecule has 2 heterocycles. The van der Waals surface area contributed by atoms with Gasteiger partial charge in [0, 0.05) is 43.1 Å². The van der Waals surface area contributed by atoms with Crippen LogP contribution in [0.25, 0.3) is 0 Å². The van der Waals surface area contributed by atoms with Gasteiger partial charge in [0.05, 0.1) is 23.2 Å². The van der Waals surface area contributed by atoms with Gasteiger partial charge in [-0.25, -0.2) is 9.59 Å². The summed E-state index contributed by atoms with van der Waals surface area (Å²) >= 11 is 0. The molecule has 0 aromatic heterocycles. The fraction of sp³-hybridized carbons (Fsp3) is 0.400. The minimum absolute atomic E-state index is 0.301. The largest absolute Gasteiger partial charge is 0.460 e. The fourth-order valence-corrected chi connectivity index (χ4v) is 5.25. The van der Waals surface area contributed by atoms with Crippen molar-refractivity contribution < 1.29 is 19.1 Å². The smallest absolute Gasteiger partial charge is 0.337 e. The van der Waals surface area contributed by atoms with Crippen molar-refractivity contribution in [2.24, 2.45) is 0 Å². The Morgan fingerprint density at radius 1 is 1.05 bits per heavy atom. The maximum atomic E-state index is 13.9. The quantitative estimate of drug-likeness (QED) is 0.419. The van der Waals surface area contributed by atoms with E-state index in [1.807, 2.05) is 51.1 Å². The summed E-state index contributed by atoms with van der Waals surface area (Å²) in [6.45, 7) is 11.5. The van der Waals surface area contributed by atoms with Gasteiger partial charge < -0.3 is 20.5 Å². The molecule has 0 radical (unpaired) electrons. The molecule has 7 nitrogen and oxygen atoms in total. The normalized spacial score (nSPS) is 22.3. The first-order chi connectivity index (χ1) is 17.6. The monoisotopic (exact) mass is 503 g/mol. The second-order valence-electron chi connectivity index (χ2n) is 10.5. The molecule has 1 fully saturated rings. The van der Waals surface area contributed by atoms with Gasteiger partial charge in [-0.3, -0.25) is 4.90 Å². The van der Waals surface area contributed by atoms with Gasteiger partial charge in [0.1, 0.15) is 5.60 Å². The summed E-state index contributed by atoms with van der Waals surface area (Å²) in [4.78, 5) is 29.4. The van der Waals surface area contributed by atoms with Crippen LogP contribution >= 0.6 is 0 Å². The molecule has 0 spiro atoms. The van der Waals surface area contributed by atoms with Crippen LogP contribution < -0.4 is 11.1 Å². The Bertz CT molecular complexity index is 1230. The van der Waals surface area contributed by atoms with Gasteiger partial charge in [0.25, 0.3) is 0 Å². The number of carbonyl (C=O) groups is 2. The van der Waals surface area contributed by atoms with Crippen LogP contribution in [0.3, 0.4) is 0 Å². The van der Waals surface area contributed by atoms with Crippen LogP contribution in [0, 0.1) is 0 Å². The molecule has 2 unspecified atom stereocenters. The number of hydrogen-bond acceptors (Lipinski definition) is 7. The average Bonchev–Trinajstić information content (AvgIpc) is 3.18. The lowest BCUT2D eigenvalue weighted by Gasteiger charge is -2.33. The predicted octanol–water partition coefficient (Wildman–Crippen LogP) is 4.66. The third-order valence-electron chi connectivity index (χ3n) is 6.89. The van der Waals surface area contributed by atoms with Crippen LogP contribution in [-0.4, -0.2) is 41.6 Å². The maximum absolute atomic E-state index is 13.9. The SMILES string of the molecule is CC1=C(C(=O)OC(C)C)C(c2cccc(N)c2)C(C(=O)OC2(C)CCN(Cc3ccccc3)C2)=C(C)N1. The van der Waals surface area contributed by atoms with E-state index in [1.54, 1.807) is 26.0 Å². The molecule has 0 bridgehead atoms. The number of hydrogen-bond donors (Lipinski definition) is 2. The van der Waals surface area contributed by atoms with Gasteiger partial charge >= 0.3 is 11.9 Å². The first-order valence-corrected chi connectivity index (χ1v) is 12.8. The van der Waals surface area contributed by atoms with Gasteiger partial charge in [-0.05, 0) is 57.9 Å². The van der Waals surface area contributed by atoms with E-state index in [0.717, 1.165) is 25.1 Å². The Balaban J connectivity index is 1.62. The van der Waals surface area contributed by atoms with Crippen molar-refractivity contribution in [2.45, 2.75) is 65.2 Å². The molecule has 7 heteroatoms. The third-order valence-corrected chi connectivity index (χ3v) is 6.89. The molecule has 2 aliphatic rings. The van der Waals surface area contributed by atoms with Crippen molar-refractivity contribution >= 4 is 17.6 Å². The van der Waals surface area contributed by atoms with Gasteiger partial charge in [0.15, 0.2) is 0 Å². The van der Waals surface area contributed by atoms with Gasteiger partial charge in [0.2, 0.25) is 0 Å². The van der Waals surface area contributed by atoms with E-state index in [-0.39, 0.29) is 6.10 Å². The number of likely N-dealkylation sites (tertiary alicyclic amines) is 1. The second kappa shape index (κ2) is 10.8. The third kappa shape index (κ3) is 6.05. The molecule has 3 N–H and O–H groups in total. The Kier molecular flexibility index (Phi) is 7.73. The van der Waals surface area contributed by atoms with Crippen LogP contribution in [0.15, 0.2) is 77.1 Å². The number of anilines is 1. The number of nitrogens with two attached hydrogens (primary N) is 1. The summed E-state index contributed by atoms with van der Waals surface area (Å²) in [5.74, 6) is -1.57. The predicted molar refractivity (Wildman–Crippen MR) is 144 cm³/mol. The number of ether oxygens (including phenoxy) is 2. The summed E-state index contributed by atoms with van der Waals surface area (Å²) in [5, 5.41) is 3.22. The van der Waals surface area contributed by atoms with Crippen LogP contribution in [0.5, 0.6) is 0 Å². The van der Waals surface area contributed by atoms with Crippen molar-refractivity contribution in [3.05, 3.63) is 88.3 Å². The lowest BCUT2D eigenvalue weighted by molar-refractivity contribution is -0.152. The molecule has 0 aliphatic carbocycles. The highest BCUT2D eigenvalue weighted by molar-refractivity contribution is 6.00. The Labute approximate surface area is 219 Å². The molecule has 1 saturated heterocycles. The Hall–Kier alpha value is -3.58. The van der Waals surface area contributed by atoms with Crippen molar-refractivity contribution in [3.63, 3.8) is 0 Å². The zero-order chi connectivity index (χ0) is 26.7. The second-order valence-corrected chi connectivity index (χ2v) is 10.5. The van der Waals surface area contributed by atoms with E-state index in [4.69, 9.17) is 15.2 Å². The molecule has 37 heavy (non-hydrogen) atoms. The van der Waals surface area contributed by atoms with E-state index in [9.17, 15) is 9.59 Å². The molecular weight excluding hydrogens is 466 g/mol. The number of dihydropyridines is 1. The molecular formula is C30H37N3O4. The average molecular weight is 504 g/mol. The topological polar surface area (TPSA) is 93.9 Å². The Morgan fingerprint density at radius 2 is 1.73 bits per heavy atom. The number of nitrogens with zero attached hydrogens (tertiary/aromatic N) is 1. The molecule has 2 aliphatic heterocycles. The van der Waals surface area contributed by atoms with E-state index >= 15 is 0 Å². The van der Waals surface area contributed by atoms with Crippen molar-refractivity contribution in [2.75, 3.05) is 18.8 Å². The molecule has 2 aromatic rings. The lowest BCUT2D eigenvalue weighted by atomic mass is 9.80. The van der Waals surface area contributed by atoms with E-state index in [2.05, 4.69) is 22.3 Å². The Morgan fingerprint density at radius 3 is 2.38 bits per heavy atom. The van der Waals surface area contributed by atoms with Crippen molar-refractivity contribution in [1.82, 2.24) is 10.2 Å². The van der Waals surface area contributed by atoms with Crippen LogP contribution in [-0.2, 0) is 25.6 Å². The van der Waals surface area contributed by atoms with E-state index in [0.29, 0.717) is 34.8 Å². The summed E-state index contributed by atoms with van der Waals surface area (Å²) in [6, 6.07) is 17.6. The molecule has 0 amide bonds. The number of esters is 2. The van der Waals surface area contributed by atoms with Crippen molar-refractivity contribution in [1.29, 1.82) is 0 Å². The highest BCUT2D eigenvalue weighted by Gasteiger charge is 2.42. The van der Waals surface area contributed by atoms with Gasteiger partial charge in [-0.2, -0.15) is 0 Å². The summed E-state index contributed by atoms with van der Waals surface area (Å²) in [7, 11) is 0. The number of allylic oxidation sites excluding steroid dienone is 2. The van der Waals surface area contributed by atoms with Crippen LogP contribution in [0.1, 0.15) is 58.1 Å². The number of rotatable bonds is 7. The zero-order valence-corrected chi connectivity index (χ0v) is 22.3. The van der Waals surface area contributed by atoms with Crippen LogP contribution in [0.2, 0.25) is 0 Å². The zero-order valence-electron chi connectivity index (χ0n) is 22.3. The summed E-state index contributed by atoms with van der Waals surface area (Å²) < 4.78 is 11.8. The molecule has 0 saturated carbocycles. The highest BCUT2D eigenvalue weighted by Crippen LogP contribution is 2.41. The molecule has 2 aromatic carbocycles. The van der Waals surface area contributed by atoms with E-state index < -0.39 is 23.5 Å². The molecule has 196 valence electrons. The number of carbonyl (C=O) groups excluding carboxylic acids is 2. The number of benzene rings is 2. The molecule has 2 atom stereocenters.